The summed E-state index contributed by atoms with van der Waals surface area (Å²) in [6.07, 6.45) is 3.53. The molecule has 0 aliphatic rings. The highest BCUT2D eigenvalue weighted by atomic mass is 35.5. The summed E-state index contributed by atoms with van der Waals surface area (Å²) in [5, 5.41) is 6.26. The van der Waals surface area contributed by atoms with Gasteiger partial charge in [0, 0.05) is 13.0 Å². The zero-order valence-corrected chi connectivity index (χ0v) is 18.8. The van der Waals surface area contributed by atoms with Gasteiger partial charge in [-0.15, -0.1) is 0 Å². The van der Waals surface area contributed by atoms with Crippen LogP contribution >= 0.6 is 23.4 Å². The Hall–Kier alpha value is -2.90. The fourth-order valence-electron chi connectivity index (χ4n) is 2.91. The summed E-state index contributed by atoms with van der Waals surface area (Å²) in [6.45, 7) is 2.37. The summed E-state index contributed by atoms with van der Waals surface area (Å²) in [5.74, 6) is -0.804. The molecule has 8 heteroatoms. The van der Waals surface area contributed by atoms with Gasteiger partial charge in [0.2, 0.25) is 5.91 Å². The van der Waals surface area contributed by atoms with E-state index in [0.29, 0.717) is 18.1 Å². The number of hydrogen-bond donors (Lipinski definition) is 2. The maximum atomic E-state index is 13.0. The molecule has 160 valence electrons. The van der Waals surface area contributed by atoms with E-state index in [2.05, 4.69) is 20.6 Å². The number of nitrogens with one attached hydrogen (secondary N) is 2. The van der Waals surface area contributed by atoms with Crippen molar-refractivity contribution in [2.75, 3.05) is 6.26 Å². The molecular weight excluding hydrogens is 432 g/mol. The van der Waals surface area contributed by atoms with Crippen LogP contribution in [0.25, 0.3) is 0 Å². The second-order valence-electron chi connectivity index (χ2n) is 6.97. The zero-order valence-electron chi connectivity index (χ0n) is 17.3. The molecule has 2 aromatic carbocycles. The zero-order chi connectivity index (χ0) is 22.2. The van der Waals surface area contributed by atoms with Crippen molar-refractivity contribution < 1.29 is 9.59 Å². The van der Waals surface area contributed by atoms with Crippen LogP contribution in [-0.4, -0.2) is 34.1 Å². The van der Waals surface area contributed by atoms with E-state index in [0.717, 1.165) is 16.7 Å². The first-order valence-electron chi connectivity index (χ1n) is 9.71. The molecule has 0 saturated heterocycles. The molecule has 1 unspecified atom stereocenters. The maximum absolute atomic E-state index is 13.0. The molecule has 0 radical (unpaired) electrons. The van der Waals surface area contributed by atoms with Gasteiger partial charge >= 0.3 is 0 Å². The molecule has 0 aliphatic carbocycles. The van der Waals surface area contributed by atoms with Crippen LogP contribution in [0.2, 0.25) is 5.02 Å². The number of benzene rings is 2. The van der Waals surface area contributed by atoms with Gasteiger partial charge in [0.05, 0.1) is 11.2 Å². The summed E-state index contributed by atoms with van der Waals surface area (Å²) < 4.78 is 0. The van der Waals surface area contributed by atoms with Crippen molar-refractivity contribution in [3.8, 4) is 0 Å². The average molecular weight is 455 g/mol. The van der Waals surface area contributed by atoms with Crippen LogP contribution in [0, 0.1) is 6.92 Å². The van der Waals surface area contributed by atoms with Crippen molar-refractivity contribution in [1.29, 1.82) is 0 Å². The third-order valence-electron chi connectivity index (χ3n) is 4.61. The maximum Gasteiger partial charge on any atom is 0.272 e. The number of carbonyl (C=O) groups excluding carboxylic acids is 2. The number of thioether (sulfide) groups is 1. The quantitative estimate of drug-likeness (QED) is 0.399. The molecule has 31 heavy (non-hydrogen) atoms. The summed E-state index contributed by atoms with van der Waals surface area (Å²) in [6, 6.07) is 16.6. The highest BCUT2D eigenvalue weighted by molar-refractivity contribution is 7.98. The lowest BCUT2D eigenvalue weighted by Crippen LogP contribution is -2.48. The van der Waals surface area contributed by atoms with Crippen LogP contribution in [-0.2, 0) is 17.8 Å². The van der Waals surface area contributed by atoms with E-state index in [-0.39, 0.29) is 16.6 Å². The van der Waals surface area contributed by atoms with Crippen LogP contribution in [0.4, 0.5) is 0 Å². The number of nitrogens with zero attached hydrogens (tertiary/aromatic N) is 2. The third kappa shape index (κ3) is 6.54. The van der Waals surface area contributed by atoms with E-state index in [1.165, 1.54) is 18.0 Å². The fourth-order valence-corrected chi connectivity index (χ4v) is 3.43. The molecule has 0 bridgehead atoms. The molecule has 1 atom stereocenters. The van der Waals surface area contributed by atoms with Crippen molar-refractivity contribution in [3.05, 3.63) is 88.2 Å². The second-order valence-corrected chi connectivity index (χ2v) is 8.15. The average Bonchev–Trinajstić information content (AvgIpc) is 2.79. The summed E-state index contributed by atoms with van der Waals surface area (Å²) in [7, 11) is 0. The number of hydrogen-bond acceptors (Lipinski definition) is 5. The highest BCUT2D eigenvalue weighted by Crippen LogP contribution is 2.17. The third-order valence-corrected chi connectivity index (χ3v) is 5.45. The lowest BCUT2D eigenvalue weighted by Gasteiger charge is -2.19. The molecular formula is C23H23ClN4O2S. The molecule has 2 N–H and O–H groups in total. The van der Waals surface area contributed by atoms with E-state index in [1.54, 1.807) is 0 Å². The van der Waals surface area contributed by atoms with Crippen LogP contribution in [0.3, 0.4) is 0 Å². The summed E-state index contributed by atoms with van der Waals surface area (Å²) in [4.78, 5) is 34.1. The van der Waals surface area contributed by atoms with Gasteiger partial charge in [-0.3, -0.25) is 9.59 Å². The minimum Gasteiger partial charge on any atom is -0.350 e. The Morgan fingerprint density at radius 1 is 1.06 bits per heavy atom. The van der Waals surface area contributed by atoms with Crippen LogP contribution in [0.15, 0.2) is 66.0 Å². The standard InChI is InChI=1S/C23H23ClN4O2S/c1-15-8-10-17(11-9-15)13-25-21(29)19(12-16-6-4-3-5-7-16)27-22(30)20-18(24)14-26-23(28-20)31-2/h3-11,14,19H,12-13H2,1-2H3,(H,25,29)(H,27,30). The molecule has 0 fully saturated rings. The first kappa shape index (κ1) is 22.8. The van der Waals surface area contributed by atoms with Crippen molar-refractivity contribution in [2.24, 2.45) is 0 Å². The van der Waals surface area contributed by atoms with Crippen molar-refractivity contribution >= 4 is 35.2 Å². The first-order valence-corrected chi connectivity index (χ1v) is 11.3. The van der Waals surface area contributed by atoms with E-state index in [9.17, 15) is 9.59 Å². The predicted octanol–water partition coefficient (Wildman–Crippen LogP) is 3.82. The minimum atomic E-state index is -0.788. The molecule has 1 aromatic heterocycles. The number of carbonyl (C=O) groups is 2. The summed E-state index contributed by atoms with van der Waals surface area (Å²) in [5.41, 5.74) is 3.10. The molecule has 1 heterocycles. The van der Waals surface area contributed by atoms with Crippen molar-refractivity contribution in [2.45, 2.75) is 31.1 Å². The van der Waals surface area contributed by atoms with Gasteiger partial charge in [0.1, 0.15) is 6.04 Å². The lowest BCUT2D eigenvalue weighted by molar-refractivity contribution is -0.123. The van der Waals surface area contributed by atoms with Crippen LogP contribution < -0.4 is 10.6 Å². The van der Waals surface area contributed by atoms with E-state index < -0.39 is 11.9 Å². The van der Waals surface area contributed by atoms with Gasteiger partial charge < -0.3 is 10.6 Å². The topological polar surface area (TPSA) is 84.0 Å². The smallest absolute Gasteiger partial charge is 0.272 e. The van der Waals surface area contributed by atoms with E-state index in [1.807, 2.05) is 67.8 Å². The van der Waals surface area contributed by atoms with Gasteiger partial charge in [-0.25, -0.2) is 9.97 Å². The fraction of sp³-hybridized carbons (Fsp3) is 0.217. The summed E-state index contributed by atoms with van der Waals surface area (Å²) >= 11 is 7.43. The Kier molecular flexibility index (Phi) is 8.03. The second kappa shape index (κ2) is 10.9. The van der Waals surface area contributed by atoms with Gasteiger partial charge in [-0.05, 0) is 24.3 Å². The Balaban J connectivity index is 1.76. The Labute approximate surface area is 190 Å². The van der Waals surface area contributed by atoms with E-state index >= 15 is 0 Å². The SMILES string of the molecule is CSc1ncc(Cl)c(C(=O)NC(Cc2ccccc2)C(=O)NCc2ccc(C)cc2)n1. The number of halogens is 1. The minimum absolute atomic E-state index is 0.0467. The first-order chi connectivity index (χ1) is 15.0. The van der Waals surface area contributed by atoms with Crippen LogP contribution in [0.1, 0.15) is 27.2 Å². The van der Waals surface area contributed by atoms with Gasteiger partial charge in [0.25, 0.3) is 5.91 Å². The normalized spacial score (nSPS) is 11.6. The largest absolute Gasteiger partial charge is 0.350 e. The Morgan fingerprint density at radius 2 is 1.77 bits per heavy atom. The lowest BCUT2D eigenvalue weighted by atomic mass is 10.0. The van der Waals surface area contributed by atoms with Gasteiger partial charge in [0.15, 0.2) is 10.9 Å². The number of amides is 2. The Morgan fingerprint density at radius 3 is 2.45 bits per heavy atom. The van der Waals surface area contributed by atoms with Crippen LogP contribution in [0.5, 0.6) is 0 Å². The molecule has 0 spiro atoms. The highest BCUT2D eigenvalue weighted by Gasteiger charge is 2.24. The molecule has 6 nitrogen and oxygen atoms in total. The van der Waals surface area contributed by atoms with Gasteiger partial charge in [-0.2, -0.15) is 0 Å². The van der Waals surface area contributed by atoms with Crippen molar-refractivity contribution in [1.82, 2.24) is 20.6 Å². The monoisotopic (exact) mass is 454 g/mol. The molecule has 0 aliphatic heterocycles. The molecule has 3 aromatic rings. The van der Waals surface area contributed by atoms with E-state index in [4.69, 9.17) is 11.6 Å². The predicted molar refractivity (Wildman–Crippen MR) is 123 cm³/mol. The Bertz CT molecular complexity index is 1050. The molecule has 0 saturated carbocycles. The van der Waals surface area contributed by atoms with Gasteiger partial charge in [-0.1, -0.05) is 83.5 Å². The number of aromatic nitrogens is 2. The van der Waals surface area contributed by atoms with Crippen molar-refractivity contribution in [3.63, 3.8) is 0 Å². The number of rotatable bonds is 8. The number of aryl methyl sites for hydroxylation is 1. The molecule has 2 amide bonds. The molecule has 3 rings (SSSR count).